The van der Waals surface area contributed by atoms with E-state index in [1.807, 2.05) is 7.05 Å². The van der Waals surface area contributed by atoms with Gasteiger partial charge in [-0.05, 0) is 43.9 Å². The summed E-state index contributed by atoms with van der Waals surface area (Å²) >= 11 is 0. The van der Waals surface area contributed by atoms with Crippen molar-refractivity contribution < 1.29 is 9.13 Å². The minimum absolute atomic E-state index is 0.0637. The highest BCUT2D eigenvalue weighted by Crippen LogP contribution is 2.25. The molecule has 2 aliphatic heterocycles. The van der Waals surface area contributed by atoms with Crippen molar-refractivity contribution in [2.24, 2.45) is 4.99 Å². The second-order valence-corrected chi connectivity index (χ2v) is 8.46. The number of halogens is 1. The third-order valence-electron chi connectivity index (χ3n) is 6.06. The molecule has 0 bridgehead atoms. The van der Waals surface area contributed by atoms with Crippen LogP contribution in [0.25, 0.3) is 0 Å². The van der Waals surface area contributed by atoms with Crippen LogP contribution in [0.5, 0.6) is 0 Å². The molecule has 1 saturated heterocycles. The van der Waals surface area contributed by atoms with Gasteiger partial charge in [-0.3, -0.25) is 4.99 Å². The zero-order chi connectivity index (χ0) is 21.6. The van der Waals surface area contributed by atoms with Crippen molar-refractivity contribution in [1.82, 2.24) is 25.0 Å². The van der Waals surface area contributed by atoms with Crippen LogP contribution < -0.4 is 5.32 Å². The van der Waals surface area contributed by atoms with E-state index in [0.717, 1.165) is 62.1 Å². The molecule has 0 amide bonds. The first-order valence-electron chi connectivity index (χ1n) is 11.4. The number of benzene rings is 1. The van der Waals surface area contributed by atoms with Crippen LogP contribution in [0.4, 0.5) is 4.39 Å². The van der Waals surface area contributed by atoms with Gasteiger partial charge in [0, 0.05) is 39.5 Å². The largest absolute Gasteiger partial charge is 0.367 e. The summed E-state index contributed by atoms with van der Waals surface area (Å²) in [5, 5.41) is 12.3. The molecule has 0 saturated carbocycles. The molecule has 168 valence electrons. The lowest BCUT2D eigenvalue weighted by Crippen LogP contribution is -2.50. The Bertz CT molecular complexity index is 881. The Kier molecular flexibility index (Phi) is 7.17. The van der Waals surface area contributed by atoms with Crippen LogP contribution in [0.15, 0.2) is 29.3 Å². The number of ether oxygens (including phenoxy) is 1. The highest BCUT2D eigenvalue weighted by atomic mass is 19.1. The number of aromatic nitrogens is 3. The predicted octanol–water partition coefficient (Wildman–Crippen LogP) is 3.11. The fourth-order valence-corrected chi connectivity index (χ4v) is 4.50. The molecule has 2 aromatic rings. The highest BCUT2D eigenvalue weighted by molar-refractivity contribution is 5.80. The van der Waals surface area contributed by atoms with E-state index in [1.165, 1.54) is 31.4 Å². The second-order valence-electron chi connectivity index (χ2n) is 8.46. The topological polar surface area (TPSA) is 67.6 Å². The number of hydrogen-bond acceptors (Lipinski definition) is 4. The van der Waals surface area contributed by atoms with E-state index in [9.17, 15) is 4.39 Å². The third kappa shape index (κ3) is 5.42. The molecule has 2 aliphatic rings. The molecule has 1 aromatic heterocycles. The molecule has 1 aromatic carbocycles. The molecular formula is C23H33FN6O. The smallest absolute Gasteiger partial charge is 0.193 e. The Balaban J connectivity index is 1.30. The Hall–Kier alpha value is -2.48. The lowest BCUT2D eigenvalue weighted by atomic mass is 10.1. The lowest BCUT2D eigenvalue weighted by Gasteiger charge is -2.38. The van der Waals surface area contributed by atoms with Crippen molar-refractivity contribution in [3.63, 3.8) is 0 Å². The fraction of sp³-hybridized carbons (Fsp3) is 0.609. The average Bonchev–Trinajstić information content (AvgIpc) is 2.99. The van der Waals surface area contributed by atoms with Crippen molar-refractivity contribution in [2.75, 3.05) is 26.7 Å². The predicted molar refractivity (Wildman–Crippen MR) is 119 cm³/mol. The van der Waals surface area contributed by atoms with Crippen molar-refractivity contribution in [2.45, 2.75) is 64.2 Å². The zero-order valence-corrected chi connectivity index (χ0v) is 18.6. The maximum absolute atomic E-state index is 13.3. The molecule has 1 fully saturated rings. The summed E-state index contributed by atoms with van der Waals surface area (Å²) < 4.78 is 21.7. The quantitative estimate of drug-likeness (QED) is 0.450. The minimum Gasteiger partial charge on any atom is -0.367 e. The maximum Gasteiger partial charge on any atom is 0.193 e. The van der Waals surface area contributed by atoms with Crippen molar-refractivity contribution >= 4 is 5.96 Å². The fourth-order valence-electron chi connectivity index (χ4n) is 4.50. The van der Waals surface area contributed by atoms with Crippen LogP contribution in [0.2, 0.25) is 0 Å². The van der Waals surface area contributed by atoms with Gasteiger partial charge in [-0.15, -0.1) is 10.2 Å². The maximum atomic E-state index is 13.3. The van der Waals surface area contributed by atoms with E-state index in [2.05, 4.69) is 36.9 Å². The number of aliphatic imine (C=N–C) groups is 1. The van der Waals surface area contributed by atoms with Gasteiger partial charge in [0.15, 0.2) is 5.96 Å². The van der Waals surface area contributed by atoms with Crippen molar-refractivity contribution in [1.29, 1.82) is 0 Å². The monoisotopic (exact) mass is 428 g/mol. The van der Waals surface area contributed by atoms with Crippen molar-refractivity contribution in [3.8, 4) is 0 Å². The molecule has 3 heterocycles. The molecular weight excluding hydrogens is 395 g/mol. The number of hydrogen-bond donors (Lipinski definition) is 1. The summed E-state index contributed by atoms with van der Waals surface area (Å²) in [7, 11) is 1.81. The Morgan fingerprint density at radius 2 is 2.03 bits per heavy atom. The summed E-state index contributed by atoms with van der Waals surface area (Å²) in [4.78, 5) is 6.72. The Morgan fingerprint density at radius 1 is 1.19 bits per heavy atom. The van der Waals surface area contributed by atoms with Gasteiger partial charge in [-0.2, -0.15) is 0 Å². The van der Waals surface area contributed by atoms with E-state index < -0.39 is 0 Å². The van der Waals surface area contributed by atoms with Crippen LogP contribution >= 0.6 is 0 Å². The molecule has 7 nitrogen and oxygen atoms in total. The summed E-state index contributed by atoms with van der Waals surface area (Å²) in [6.07, 6.45) is 6.59. The van der Waals surface area contributed by atoms with Crippen LogP contribution in [-0.2, 0) is 24.1 Å². The molecule has 2 atom stereocenters. The van der Waals surface area contributed by atoms with E-state index in [4.69, 9.17) is 4.74 Å². The number of guanidine groups is 1. The summed E-state index contributed by atoms with van der Waals surface area (Å²) in [5.74, 6) is 2.89. The van der Waals surface area contributed by atoms with Gasteiger partial charge in [0.1, 0.15) is 23.6 Å². The number of aryl methyl sites for hydroxylation is 2. The molecule has 0 radical (unpaired) electrons. The third-order valence-corrected chi connectivity index (χ3v) is 6.06. The first-order valence-corrected chi connectivity index (χ1v) is 11.4. The number of nitrogens with zero attached hydrogens (tertiary/aromatic N) is 5. The minimum atomic E-state index is -0.230. The zero-order valence-electron chi connectivity index (χ0n) is 18.6. The molecule has 4 rings (SSSR count). The highest BCUT2D eigenvalue weighted by Gasteiger charge is 2.28. The van der Waals surface area contributed by atoms with Gasteiger partial charge in [-0.25, -0.2) is 4.39 Å². The first kappa shape index (κ1) is 21.7. The van der Waals surface area contributed by atoms with E-state index in [1.54, 1.807) is 12.1 Å². The number of nitrogens with one attached hydrogen (secondary N) is 1. The summed E-state index contributed by atoms with van der Waals surface area (Å²) in [5.41, 5.74) is 0.987. The summed E-state index contributed by atoms with van der Waals surface area (Å²) in [6.45, 7) is 5.39. The SMILES string of the molecule is CN=C(NCCCc1nnc2n1CCCCC2)N1CC(C)OC(c2ccc(F)cc2)C1. The number of morpholine rings is 1. The summed E-state index contributed by atoms with van der Waals surface area (Å²) in [6, 6.07) is 6.57. The van der Waals surface area contributed by atoms with Crippen LogP contribution in [-0.4, -0.2) is 58.4 Å². The normalized spacial score (nSPS) is 22.2. The molecule has 31 heavy (non-hydrogen) atoms. The Labute approximate surface area is 183 Å². The average molecular weight is 429 g/mol. The van der Waals surface area contributed by atoms with Crippen LogP contribution in [0.3, 0.4) is 0 Å². The van der Waals surface area contributed by atoms with Crippen LogP contribution in [0.1, 0.15) is 55.9 Å². The van der Waals surface area contributed by atoms with Gasteiger partial charge in [0.05, 0.1) is 12.6 Å². The Morgan fingerprint density at radius 3 is 2.84 bits per heavy atom. The van der Waals surface area contributed by atoms with Gasteiger partial charge in [0.2, 0.25) is 0 Å². The standard InChI is InChI=1S/C23H33FN6O/c1-17-15-29(16-20(31-17)18-9-11-19(24)12-10-18)23(25-2)26-13-6-8-22-28-27-21-7-4-3-5-14-30(21)22/h9-12,17,20H,3-8,13-16H2,1-2H3,(H,25,26). The first-order chi connectivity index (χ1) is 15.1. The molecule has 2 unspecified atom stereocenters. The van der Waals surface area contributed by atoms with Gasteiger partial charge < -0.3 is 19.5 Å². The second kappa shape index (κ2) is 10.2. The molecule has 1 N–H and O–H groups in total. The molecule has 0 spiro atoms. The van der Waals surface area contributed by atoms with E-state index >= 15 is 0 Å². The van der Waals surface area contributed by atoms with E-state index in [0.29, 0.717) is 6.54 Å². The lowest BCUT2D eigenvalue weighted by molar-refractivity contribution is -0.0605. The molecule has 0 aliphatic carbocycles. The van der Waals surface area contributed by atoms with Crippen molar-refractivity contribution in [3.05, 3.63) is 47.3 Å². The van der Waals surface area contributed by atoms with Gasteiger partial charge in [-0.1, -0.05) is 18.6 Å². The van der Waals surface area contributed by atoms with E-state index in [-0.39, 0.29) is 18.0 Å². The van der Waals surface area contributed by atoms with Crippen LogP contribution in [0, 0.1) is 5.82 Å². The molecule has 8 heteroatoms. The van der Waals surface area contributed by atoms with Gasteiger partial charge in [0.25, 0.3) is 0 Å². The number of rotatable bonds is 5. The number of fused-ring (bicyclic) bond motifs is 1. The van der Waals surface area contributed by atoms with Gasteiger partial charge >= 0.3 is 0 Å².